The lowest BCUT2D eigenvalue weighted by atomic mass is 10.1. The number of hydrogen-bond acceptors (Lipinski definition) is 5. The second-order valence-corrected chi connectivity index (χ2v) is 6.98. The Balaban J connectivity index is 3.02. The second kappa shape index (κ2) is 7.74. The third-order valence-corrected chi connectivity index (χ3v) is 4.25. The van der Waals surface area contributed by atoms with Gasteiger partial charge in [-0.3, -0.25) is 4.79 Å². The van der Waals surface area contributed by atoms with Crippen LogP contribution in [0.4, 0.5) is 0 Å². The van der Waals surface area contributed by atoms with Crippen molar-refractivity contribution in [3.8, 4) is 0 Å². The van der Waals surface area contributed by atoms with Gasteiger partial charge in [0.25, 0.3) is 15.0 Å². The molecular weight excluding hydrogens is 318 g/mol. The molecule has 0 heterocycles. The van der Waals surface area contributed by atoms with E-state index in [2.05, 4.69) is 5.32 Å². The van der Waals surface area contributed by atoms with Gasteiger partial charge in [0.15, 0.2) is 0 Å². The molecule has 0 fully saturated rings. The first-order valence-electron chi connectivity index (χ1n) is 6.17. The quantitative estimate of drug-likeness (QED) is 0.764. The maximum atomic E-state index is 12.0. The molecular formula is C13H18ClNO5S. The summed E-state index contributed by atoms with van der Waals surface area (Å²) in [6.45, 7) is 2.21. The monoisotopic (exact) mass is 335 g/mol. The van der Waals surface area contributed by atoms with Gasteiger partial charge >= 0.3 is 0 Å². The molecule has 0 aliphatic rings. The fourth-order valence-electron chi connectivity index (χ4n) is 1.62. The summed E-state index contributed by atoms with van der Waals surface area (Å²) in [7, 11) is 4.41. The predicted octanol–water partition coefficient (Wildman–Crippen LogP) is 1.53. The van der Waals surface area contributed by atoms with Gasteiger partial charge in [0.2, 0.25) is 0 Å². The largest absolute Gasteiger partial charge is 0.380 e. The minimum Gasteiger partial charge on any atom is -0.380 e. The zero-order chi connectivity index (χ0) is 16.0. The Bertz CT molecular complexity index is 603. The van der Waals surface area contributed by atoms with Gasteiger partial charge in [-0.25, -0.2) is 8.42 Å². The van der Waals surface area contributed by atoms with E-state index in [0.29, 0.717) is 12.1 Å². The average Bonchev–Trinajstić information content (AvgIpc) is 2.43. The van der Waals surface area contributed by atoms with Crippen molar-refractivity contribution < 1.29 is 22.7 Å². The third kappa shape index (κ3) is 5.28. The van der Waals surface area contributed by atoms with Gasteiger partial charge in [-0.15, -0.1) is 0 Å². The van der Waals surface area contributed by atoms with Crippen molar-refractivity contribution in [1.82, 2.24) is 5.32 Å². The van der Waals surface area contributed by atoms with Crippen molar-refractivity contribution in [1.29, 1.82) is 0 Å². The molecule has 0 saturated carbocycles. The molecule has 1 unspecified atom stereocenters. The van der Waals surface area contributed by atoms with E-state index in [0.717, 1.165) is 0 Å². The predicted molar refractivity (Wildman–Crippen MR) is 79.0 cm³/mol. The van der Waals surface area contributed by atoms with Crippen LogP contribution in [0.5, 0.6) is 0 Å². The molecule has 0 radical (unpaired) electrons. The number of ether oxygens (including phenoxy) is 2. The first-order valence-corrected chi connectivity index (χ1v) is 8.48. The number of carbonyl (C=O) groups excluding carboxylic acids is 1. The van der Waals surface area contributed by atoms with Crippen molar-refractivity contribution in [3.05, 3.63) is 29.3 Å². The number of halogens is 1. The van der Waals surface area contributed by atoms with Gasteiger partial charge in [-0.1, -0.05) is 6.07 Å². The molecule has 0 spiro atoms. The number of amides is 1. The molecule has 1 amide bonds. The molecule has 8 heteroatoms. The van der Waals surface area contributed by atoms with Gasteiger partial charge in [-0.2, -0.15) is 0 Å². The molecule has 21 heavy (non-hydrogen) atoms. The van der Waals surface area contributed by atoms with E-state index < -0.39 is 15.0 Å². The molecule has 118 valence electrons. The molecule has 1 N–H and O–H groups in total. The topological polar surface area (TPSA) is 81.7 Å². The summed E-state index contributed by atoms with van der Waals surface area (Å²) in [5.74, 6) is -0.399. The number of carbonyl (C=O) groups is 1. The fraction of sp³-hybridized carbons (Fsp3) is 0.462. The van der Waals surface area contributed by atoms with E-state index in [-0.39, 0.29) is 23.2 Å². The highest BCUT2D eigenvalue weighted by molar-refractivity contribution is 8.13. The van der Waals surface area contributed by atoms with Crippen LogP contribution < -0.4 is 5.32 Å². The molecule has 1 rings (SSSR count). The Labute approximate surface area is 128 Å². The number of benzene rings is 1. The Hall–Kier alpha value is -1.15. The van der Waals surface area contributed by atoms with Gasteiger partial charge in [0.1, 0.15) is 0 Å². The zero-order valence-corrected chi connectivity index (χ0v) is 13.6. The van der Waals surface area contributed by atoms with Crippen molar-refractivity contribution in [2.24, 2.45) is 0 Å². The smallest absolute Gasteiger partial charge is 0.261 e. The summed E-state index contributed by atoms with van der Waals surface area (Å²) in [5, 5.41) is 2.65. The van der Waals surface area contributed by atoms with E-state index >= 15 is 0 Å². The third-order valence-electron chi connectivity index (χ3n) is 2.84. The molecule has 6 nitrogen and oxygen atoms in total. The Kier molecular flexibility index (Phi) is 6.60. The highest BCUT2D eigenvalue weighted by Gasteiger charge is 2.18. The number of methoxy groups -OCH3 is 2. The molecule has 0 bridgehead atoms. The van der Waals surface area contributed by atoms with Crippen molar-refractivity contribution in [3.63, 3.8) is 0 Å². The van der Waals surface area contributed by atoms with Crippen LogP contribution in [0.1, 0.15) is 22.8 Å². The van der Waals surface area contributed by atoms with E-state index in [9.17, 15) is 13.2 Å². The maximum Gasteiger partial charge on any atom is 0.261 e. The highest BCUT2D eigenvalue weighted by Crippen LogP contribution is 2.22. The van der Waals surface area contributed by atoms with Crippen molar-refractivity contribution >= 4 is 25.6 Å². The SMILES string of the molecule is COCc1ccc(C(=O)NCC(C)OC)cc1S(=O)(=O)Cl. The lowest BCUT2D eigenvalue weighted by Crippen LogP contribution is -2.31. The zero-order valence-electron chi connectivity index (χ0n) is 12.1. The van der Waals surface area contributed by atoms with Crippen LogP contribution in [-0.2, 0) is 25.1 Å². The number of hydrogen-bond donors (Lipinski definition) is 1. The molecule has 1 aromatic rings. The number of rotatable bonds is 7. The molecule has 0 aliphatic carbocycles. The average molecular weight is 336 g/mol. The van der Waals surface area contributed by atoms with Crippen LogP contribution in [0.15, 0.2) is 23.1 Å². The van der Waals surface area contributed by atoms with Crippen LogP contribution in [0.3, 0.4) is 0 Å². The molecule has 1 aromatic carbocycles. The lowest BCUT2D eigenvalue weighted by molar-refractivity contribution is 0.0870. The van der Waals surface area contributed by atoms with E-state index in [1.54, 1.807) is 6.92 Å². The summed E-state index contributed by atoms with van der Waals surface area (Å²) in [6, 6.07) is 4.27. The van der Waals surface area contributed by atoms with Crippen LogP contribution in [0.2, 0.25) is 0 Å². The lowest BCUT2D eigenvalue weighted by Gasteiger charge is -2.12. The van der Waals surface area contributed by atoms with Crippen LogP contribution in [0.25, 0.3) is 0 Å². The summed E-state index contributed by atoms with van der Waals surface area (Å²) < 4.78 is 33.1. The Morgan fingerprint density at radius 1 is 1.38 bits per heavy atom. The molecule has 0 saturated heterocycles. The summed E-state index contributed by atoms with van der Waals surface area (Å²) in [6.07, 6.45) is -0.141. The Morgan fingerprint density at radius 3 is 2.57 bits per heavy atom. The first kappa shape index (κ1) is 17.9. The molecule has 0 aromatic heterocycles. The van der Waals surface area contributed by atoms with Gasteiger partial charge < -0.3 is 14.8 Å². The molecule has 1 atom stereocenters. The fourth-order valence-corrected chi connectivity index (χ4v) is 2.76. The molecule has 0 aliphatic heterocycles. The van der Waals surface area contributed by atoms with E-state index in [1.165, 1.54) is 32.4 Å². The first-order chi connectivity index (χ1) is 9.79. The van der Waals surface area contributed by atoms with Crippen LogP contribution >= 0.6 is 10.7 Å². The second-order valence-electron chi connectivity index (χ2n) is 4.45. The van der Waals surface area contributed by atoms with Gasteiger partial charge in [0.05, 0.1) is 17.6 Å². The van der Waals surface area contributed by atoms with Crippen molar-refractivity contribution in [2.45, 2.75) is 24.5 Å². The van der Waals surface area contributed by atoms with Crippen LogP contribution in [-0.4, -0.2) is 41.2 Å². The van der Waals surface area contributed by atoms with Crippen LogP contribution in [0, 0.1) is 0 Å². The van der Waals surface area contributed by atoms with E-state index in [4.69, 9.17) is 20.2 Å². The summed E-state index contributed by atoms with van der Waals surface area (Å²) >= 11 is 0. The van der Waals surface area contributed by atoms with Crippen molar-refractivity contribution in [2.75, 3.05) is 20.8 Å². The van der Waals surface area contributed by atoms with E-state index in [1.807, 2.05) is 0 Å². The van der Waals surface area contributed by atoms with Gasteiger partial charge in [0, 0.05) is 37.0 Å². The standard InChI is InChI=1S/C13H18ClNO5S/c1-9(20-3)7-15-13(16)10-4-5-11(8-19-2)12(6-10)21(14,17)18/h4-6,9H,7-8H2,1-3H3,(H,15,16). The minimum atomic E-state index is -3.96. The Morgan fingerprint density at radius 2 is 2.05 bits per heavy atom. The summed E-state index contributed by atoms with van der Waals surface area (Å²) in [5.41, 5.74) is 0.603. The normalized spacial score (nSPS) is 13.0. The maximum absolute atomic E-state index is 12.0. The van der Waals surface area contributed by atoms with Gasteiger partial charge in [-0.05, 0) is 24.6 Å². The summed E-state index contributed by atoms with van der Waals surface area (Å²) in [4.78, 5) is 11.9. The minimum absolute atomic E-state index is 0.0872. The highest BCUT2D eigenvalue weighted by atomic mass is 35.7. The number of nitrogens with one attached hydrogen (secondary N) is 1.